The molecule has 1 rings (SSSR count). The number of hydrogen-bond acceptors (Lipinski definition) is 4. The summed E-state index contributed by atoms with van der Waals surface area (Å²) in [4.78, 5) is -0.0344. The zero-order valence-electron chi connectivity index (χ0n) is 10.3. The van der Waals surface area contributed by atoms with Crippen LogP contribution in [-0.2, 0) is 10.0 Å². The highest BCUT2D eigenvalue weighted by molar-refractivity contribution is 7.89. The molecule has 0 aliphatic carbocycles. The number of nitriles is 1. The summed E-state index contributed by atoms with van der Waals surface area (Å²) < 4.78 is 26.2. The monoisotopic (exact) mass is 323 g/mol. The molecule has 0 saturated carbocycles. The van der Waals surface area contributed by atoms with Gasteiger partial charge in [-0.25, -0.2) is 13.1 Å². The smallest absolute Gasteiger partial charge is 0.242 e. The molecule has 0 spiro atoms. The summed E-state index contributed by atoms with van der Waals surface area (Å²) in [6, 6.07) is 5.85. The Morgan fingerprint density at radius 1 is 1.53 bits per heavy atom. The Kier molecular flexibility index (Phi) is 7.34. The second kappa shape index (κ2) is 7.68. The molecule has 0 aliphatic rings. The Balaban J connectivity index is 0.00000324. The van der Waals surface area contributed by atoms with Crippen molar-refractivity contribution in [2.45, 2.75) is 24.3 Å². The average molecular weight is 324 g/mol. The first-order valence-corrected chi connectivity index (χ1v) is 7.18. The van der Waals surface area contributed by atoms with Gasteiger partial charge in [-0.1, -0.05) is 11.6 Å². The zero-order chi connectivity index (χ0) is 13.8. The number of nitrogens with one attached hydrogen (secondary N) is 1. The third kappa shape index (κ3) is 5.35. The summed E-state index contributed by atoms with van der Waals surface area (Å²) in [5.74, 6) is 0. The molecule has 0 heterocycles. The molecule has 0 aromatic heterocycles. The summed E-state index contributed by atoms with van der Waals surface area (Å²) >= 11 is 5.84. The van der Waals surface area contributed by atoms with Gasteiger partial charge in [0.1, 0.15) is 4.90 Å². The Morgan fingerprint density at radius 3 is 2.63 bits per heavy atom. The van der Waals surface area contributed by atoms with E-state index in [1.165, 1.54) is 18.2 Å². The van der Waals surface area contributed by atoms with Gasteiger partial charge >= 0.3 is 0 Å². The van der Waals surface area contributed by atoms with Crippen molar-refractivity contribution in [3.63, 3.8) is 0 Å². The summed E-state index contributed by atoms with van der Waals surface area (Å²) in [6.45, 7) is 2.04. The molecule has 0 radical (unpaired) electrons. The topological polar surface area (TPSA) is 96.0 Å². The van der Waals surface area contributed by atoms with E-state index >= 15 is 0 Å². The van der Waals surface area contributed by atoms with Gasteiger partial charge in [-0.05, 0) is 31.5 Å². The first-order valence-electron chi connectivity index (χ1n) is 5.31. The van der Waals surface area contributed by atoms with E-state index < -0.39 is 10.0 Å². The Bertz CT molecular complexity index is 568. The molecule has 8 heteroatoms. The first kappa shape index (κ1) is 18.2. The minimum absolute atomic E-state index is 0. The number of nitrogens with two attached hydrogens (primary N) is 1. The lowest BCUT2D eigenvalue weighted by Gasteiger charge is -2.09. The molecule has 0 aliphatic heterocycles. The van der Waals surface area contributed by atoms with Gasteiger partial charge in [0, 0.05) is 12.6 Å². The highest BCUT2D eigenvalue weighted by atomic mass is 35.5. The van der Waals surface area contributed by atoms with Gasteiger partial charge in [-0.2, -0.15) is 5.26 Å². The van der Waals surface area contributed by atoms with E-state index in [-0.39, 0.29) is 34.9 Å². The van der Waals surface area contributed by atoms with E-state index in [2.05, 4.69) is 4.72 Å². The SMILES string of the molecule is CC(N)CCNS(=O)(=O)c1ccc(C#N)cc1Cl.Cl. The second-order valence-corrected chi connectivity index (χ2v) is 6.06. The van der Waals surface area contributed by atoms with E-state index in [9.17, 15) is 8.42 Å². The van der Waals surface area contributed by atoms with Crippen LogP contribution < -0.4 is 10.5 Å². The number of benzene rings is 1. The van der Waals surface area contributed by atoms with Crippen LogP contribution in [0, 0.1) is 11.3 Å². The van der Waals surface area contributed by atoms with Crippen molar-refractivity contribution < 1.29 is 8.42 Å². The lowest BCUT2D eigenvalue weighted by Crippen LogP contribution is -2.29. The van der Waals surface area contributed by atoms with Crippen molar-refractivity contribution in [3.8, 4) is 6.07 Å². The van der Waals surface area contributed by atoms with Crippen LogP contribution >= 0.6 is 24.0 Å². The second-order valence-electron chi connectivity index (χ2n) is 3.92. The van der Waals surface area contributed by atoms with Crippen LogP contribution in [0.25, 0.3) is 0 Å². The largest absolute Gasteiger partial charge is 0.328 e. The molecular formula is C11H15Cl2N3O2S. The van der Waals surface area contributed by atoms with Gasteiger partial charge in [0.05, 0.1) is 16.7 Å². The van der Waals surface area contributed by atoms with Crippen molar-refractivity contribution in [2.24, 2.45) is 5.73 Å². The summed E-state index contributed by atoms with van der Waals surface area (Å²) in [5, 5.41) is 8.70. The predicted octanol–water partition coefficient (Wildman–Crippen LogP) is 1.65. The number of sulfonamides is 1. The molecule has 1 aromatic rings. The number of hydrogen-bond donors (Lipinski definition) is 2. The van der Waals surface area contributed by atoms with E-state index in [0.29, 0.717) is 12.0 Å². The van der Waals surface area contributed by atoms with Crippen LogP contribution in [0.1, 0.15) is 18.9 Å². The van der Waals surface area contributed by atoms with Crippen molar-refractivity contribution in [3.05, 3.63) is 28.8 Å². The van der Waals surface area contributed by atoms with E-state index in [1.807, 2.05) is 6.07 Å². The van der Waals surface area contributed by atoms with Gasteiger partial charge in [-0.3, -0.25) is 0 Å². The van der Waals surface area contributed by atoms with Gasteiger partial charge in [0.15, 0.2) is 0 Å². The highest BCUT2D eigenvalue weighted by Crippen LogP contribution is 2.22. The van der Waals surface area contributed by atoms with Crippen LogP contribution in [0.15, 0.2) is 23.1 Å². The molecule has 3 N–H and O–H groups in total. The average Bonchev–Trinajstić information content (AvgIpc) is 2.27. The molecule has 0 amide bonds. The Hall–Kier alpha value is -0.840. The molecule has 0 fully saturated rings. The standard InChI is InChI=1S/C11H14ClN3O2S.ClH/c1-8(14)4-5-15-18(16,17)11-3-2-9(7-13)6-10(11)12;/h2-3,6,8,15H,4-5,14H2,1H3;1H. The van der Waals surface area contributed by atoms with Crippen molar-refractivity contribution in [1.29, 1.82) is 5.26 Å². The lowest BCUT2D eigenvalue weighted by atomic mass is 10.2. The Labute approximate surface area is 124 Å². The molecule has 1 atom stereocenters. The molecule has 5 nitrogen and oxygen atoms in total. The summed E-state index contributed by atoms with van der Waals surface area (Å²) in [5.41, 5.74) is 5.85. The van der Waals surface area contributed by atoms with Crippen LogP contribution in [-0.4, -0.2) is 21.0 Å². The van der Waals surface area contributed by atoms with Gasteiger partial charge < -0.3 is 5.73 Å². The minimum Gasteiger partial charge on any atom is -0.328 e. The maximum atomic E-state index is 11.9. The number of rotatable bonds is 5. The van der Waals surface area contributed by atoms with Crippen LogP contribution in [0.2, 0.25) is 5.02 Å². The maximum Gasteiger partial charge on any atom is 0.242 e. The third-order valence-electron chi connectivity index (χ3n) is 2.24. The van der Waals surface area contributed by atoms with Gasteiger partial charge in [-0.15, -0.1) is 12.4 Å². The normalized spacial score (nSPS) is 12.3. The summed E-state index contributed by atoms with van der Waals surface area (Å²) in [6.07, 6.45) is 0.535. The highest BCUT2D eigenvalue weighted by Gasteiger charge is 2.17. The fourth-order valence-corrected chi connectivity index (χ4v) is 2.88. The third-order valence-corrected chi connectivity index (χ3v) is 4.19. The summed E-state index contributed by atoms with van der Waals surface area (Å²) in [7, 11) is -3.66. The predicted molar refractivity (Wildman–Crippen MR) is 76.9 cm³/mol. The van der Waals surface area contributed by atoms with Crippen LogP contribution in [0.4, 0.5) is 0 Å². The lowest BCUT2D eigenvalue weighted by molar-refractivity contribution is 0.572. The fourth-order valence-electron chi connectivity index (χ4n) is 1.29. The molecule has 106 valence electrons. The Morgan fingerprint density at radius 2 is 2.16 bits per heavy atom. The van der Waals surface area contributed by atoms with E-state index in [0.717, 1.165) is 0 Å². The molecule has 0 saturated heterocycles. The maximum absolute atomic E-state index is 11.9. The van der Waals surface area contributed by atoms with Gasteiger partial charge in [0.25, 0.3) is 0 Å². The van der Waals surface area contributed by atoms with Crippen molar-refractivity contribution >= 4 is 34.0 Å². The number of nitrogens with zero attached hydrogens (tertiary/aromatic N) is 1. The molecular weight excluding hydrogens is 309 g/mol. The van der Waals surface area contributed by atoms with E-state index in [4.69, 9.17) is 22.6 Å². The first-order chi connectivity index (χ1) is 8.36. The molecule has 0 bridgehead atoms. The van der Waals surface area contributed by atoms with Crippen LogP contribution in [0.5, 0.6) is 0 Å². The minimum atomic E-state index is -3.66. The zero-order valence-corrected chi connectivity index (χ0v) is 12.6. The fraction of sp³-hybridized carbons (Fsp3) is 0.364. The molecule has 1 aromatic carbocycles. The molecule has 19 heavy (non-hydrogen) atoms. The number of halogens is 2. The quantitative estimate of drug-likeness (QED) is 0.861. The molecule has 1 unspecified atom stereocenters. The van der Waals surface area contributed by atoms with Crippen LogP contribution in [0.3, 0.4) is 0 Å². The van der Waals surface area contributed by atoms with Crippen molar-refractivity contribution in [1.82, 2.24) is 4.72 Å². The van der Waals surface area contributed by atoms with E-state index in [1.54, 1.807) is 6.92 Å². The van der Waals surface area contributed by atoms with Gasteiger partial charge in [0.2, 0.25) is 10.0 Å². The van der Waals surface area contributed by atoms with Crippen molar-refractivity contribution in [2.75, 3.05) is 6.54 Å².